The first-order chi connectivity index (χ1) is 12.8. The van der Waals surface area contributed by atoms with Gasteiger partial charge in [-0.25, -0.2) is 4.39 Å². The van der Waals surface area contributed by atoms with Crippen molar-refractivity contribution in [2.75, 3.05) is 11.9 Å². The van der Waals surface area contributed by atoms with Crippen LogP contribution in [0.15, 0.2) is 48.5 Å². The number of primary amides is 1. The van der Waals surface area contributed by atoms with E-state index >= 15 is 0 Å². The Morgan fingerprint density at radius 3 is 2.67 bits per heavy atom. The Labute approximate surface area is 161 Å². The van der Waals surface area contributed by atoms with Crippen LogP contribution in [0.1, 0.15) is 25.0 Å². The zero-order valence-electron chi connectivity index (χ0n) is 15.2. The Kier molecular flexibility index (Phi) is 5.51. The molecule has 5 nitrogen and oxygen atoms in total. The summed E-state index contributed by atoms with van der Waals surface area (Å²) in [6.07, 6.45) is 0.189. The molecule has 0 aliphatic heterocycles. The number of nitrogens with two attached hydrogens (primary N) is 1. The van der Waals surface area contributed by atoms with Crippen molar-refractivity contribution in [1.82, 2.24) is 9.36 Å². The van der Waals surface area contributed by atoms with E-state index in [1.807, 2.05) is 24.3 Å². The van der Waals surface area contributed by atoms with Crippen LogP contribution in [0.5, 0.6) is 0 Å². The number of amides is 1. The van der Waals surface area contributed by atoms with Crippen molar-refractivity contribution in [1.29, 1.82) is 0 Å². The summed E-state index contributed by atoms with van der Waals surface area (Å²) in [4.78, 5) is 15.6. The highest BCUT2D eigenvalue weighted by molar-refractivity contribution is 7.09. The Bertz CT molecular complexity index is 937. The quantitative estimate of drug-likeness (QED) is 0.650. The number of carbonyl (C=O) groups is 1. The third kappa shape index (κ3) is 4.89. The van der Waals surface area contributed by atoms with E-state index in [1.165, 1.54) is 23.7 Å². The molecule has 0 radical (unpaired) electrons. The highest BCUT2D eigenvalue weighted by Crippen LogP contribution is 2.26. The zero-order valence-corrected chi connectivity index (χ0v) is 16.0. The standard InChI is InChI=1S/C20H21FN4OS/c1-20(2,15-6-8-16(21)9-7-15)12-23-19-24-18(25-27-19)14-5-3-4-13(10-14)11-17(22)26/h3-10H,11-12H2,1-2H3,(H2,22,26)(H,23,24,25). The molecule has 1 amide bonds. The van der Waals surface area contributed by atoms with Crippen LogP contribution in [0.2, 0.25) is 0 Å². The fourth-order valence-corrected chi connectivity index (χ4v) is 3.32. The minimum Gasteiger partial charge on any atom is -0.369 e. The molecule has 0 spiro atoms. The minimum absolute atomic E-state index is 0.189. The van der Waals surface area contributed by atoms with E-state index < -0.39 is 0 Å². The van der Waals surface area contributed by atoms with Crippen LogP contribution in [0.4, 0.5) is 9.52 Å². The van der Waals surface area contributed by atoms with Crippen molar-refractivity contribution in [2.45, 2.75) is 25.7 Å². The Morgan fingerprint density at radius 2 is 1.96 bits per heavy atom. The van der Waals surface area contributed by atoms with E-state index in [0.717, 1.165) is 16.7 Å². The van der Waals surface area contributed by atoms with Gasteiger partial charge in [-0.1, -0.05) is 44.2 Å². The van der Waals surface area contributed by atoms with E-state index in [-0.39, 0.29) is 23.6 Å². The summed E-state index contributed by atoms with van der Waals surface area (Å²) in [6.45, 7) is 4.81. The van der Waals surface area contributed by atoms with Gasteiger partial charge < -0.3 is 11.1 Å². The van der Waals surface area contributed by atoms with Gasteiger partial charge in [0.25, 0.3) is 0 Å². The van der Waals surface area contributed by atoms with Crippen LogP contribution < -0.4 is 11.1 Å². The summed E-state index contributed by atoms with van der Waals surface area (Å²) in [7, 11) is 0. The molecular formula is C20H21FN4OS. The number of hydrogen-bond donors (Lipinski definition) is 2. The molecule has 3 rings (SSSR count). The molecule has 140 valence electrons. The first-order valence-electron chi connectivity index (χ1n) is 8.55. The van der Waals surface area contributed by atoms with Crippen molar-refractivity contribution >= 4 is 22.6 Å². The number of hydrogen-bond acceptors (Lipinski definition) is 5. The third-order valence-electron chi connectivity index (χ3n) is 4.30. The highest BCUT2D eigenvalue weighted by atomic mass is 32.1. The normalized spacial score (nSPS) is 11.4. The fourth-order valence-electron chi connectivity index (χ4n) is 2.73. The number of aromatic nitrogens is 2. The van der Waals surface area contributed by atoms with Gasteiger partial charge in [0.15, 0.2) is 5.82 Å². The lowest BCUT2D eigenvalue weighted by Gasteiger charge is -2.25. The molecule has 0 aliphatic rings. The van der Waals surface area contributed by atoms with E-state index in [0.29, 0.717) is 17.5 Å². The second-order valence-corrected chi connectivity index (χ2v) is 7.76. The van der Waals surface area contributed by atoms with E-state index in [4.69, 9.17) is 5.73 Å². The molecule has 1 aromatic heterocycles. The highest BCUT2D eigenvalue weighted by Gasteiger charge is 2.21. The summed E-state index contributed by atoms with van der Waals surface area (Å²) in [5.74, 6) is -0.00739. The van der Waals surface area contributed by atoms with Crippen LogP contribution >= 0.6 is 11.5 Å². The molecule has 3 aromatic rings. The molecule has 0 saturated carbocycles. The maximum Gasteiger partial charge on any atom is 0.221 e. The Morgan fingerprint density at radius 1 is 1.22 bits per heavy atom. The van der Waals surface area contributed by atoms with Crippen molar-refractivity contribution in [3.63, 3.8) is 0 Å². The monoisotopic (exact) mass is 384 g/mol. The maximum absolute atomic E-state index is 13.1. The van der Waals surface area contributed by atoms with Crippen molar-refractivity contribution in [3.8, 4) is 11.4 Å². The smallest absolute Gasteiger partial charge is 0.221 e. The molecule has 0 unspecified atom stereocenters. The summed E-state index contributed by atoms with van der Waals surface area (Å²) in [5, 5.41) is 4.02. The molecule has 0 atom stereocenters. The number of nitrogens with zero attached hydrogens (tertiary/aromatic N) is 2. The second kappa shape index (κ2) is 7.84. The first-order valence-corrected chi connectivity index (χ1v) is 9.32. The molecule has 0 aliphatic carbocycles. The Hall–Kier alpha value is -2.80. The van der Waals surface area contributed by atoms with Crippen LogP contribution in [-0.2, 0) is 16.6 Å². The summed E-state index contributed by atoms with van der Waals surface area (Å²) in [6, 6.07) is 14.0. The minimum atomic E-state index is -0.372. The van der Waals surface area contributed by atoms with Crippen molar-refractivity contribution in [3.05, 3.63) is 65.5 Å². The van der Waals surface area contributed by atoms with Crippen LogP contribution in [0, 0.1) is 5.82 Å². The maximum atomic E-state index is 13.1. The average Bonchev–Trinajstić information content (AvgIpc) is 3.09. The molecule has 3 N–H and O–H groups in total. The topological polar surface area (TPSA) is 80.9 Å². The second-order valence-electron chi connectivity index (χ2n) is 7.01. The summed E-state index contributed by atoms with van der Waals surface area (Å²) in [5.41, 5.74) is 7.78. The van der Waals surface area contributed by atoms with Gasteiger partial charge in [-0.3, -0.25) is 4.79 Å². The first kappa shape index (κ1) is 19.0. The molecule has 0 fully saturated rings. The molecular weight excluding hydrogens is 363 g/mol. The number of anilines is 1. The van der Waals surface area contributed by atoms with Gasteiger partial charge in [0.1, 0.15) is 5.82 Å². The van der Waals surface area contributed by atoms with Gasteiger partial charge in [0, 0.05) is 29.1 Å². The molecule has 1 heterocycles. The van der Waals surface area contributed by atoms with Crippen LogP contribution in [-0.4, -0.2) is 21.8 Å². The number of carbonyl (C=O) groups excluding carboxylic acids is 1. The molecule has 0 bridgehead atoms. The average molecular weight is 384 g/mol. The van der Waals surface area contributed by atoms with Gasteiger partial charge in [-0.2, -0.15) is 9.36 Å². The number of nitrogens with one attached hydrogen (secondary N) is 1. The van der Waals surface area contributed by atoms with Gasteiger partial charge >= 0.3 is 0 Å². The van der Waals surface area contributed by atoms with Gasteiger partial charge in [0.2, 0.25) is 11.0 Å². The number of benzene rings is 2. The predicted octanol–water partition coefficient (Wildman–Crippen LogP) is 3.76. The van der Waals surface area contributed by atoms with Gasteiger partial charge in [-0.15, -0.1) is 0 Å². The molecule has 7 heteroatoms. The molecule has 0 saturated heterocycles. The van der Waals surface area contributed by atoms with Gasteiger partial charge in [0.05, 0.1) is 6.42 Å². The Balaban J connectivity index is 1.69. The summed E-state index contributed by atoms with van der Waals surface area (Å²) >= 11 is 1.28. The molecule has 2 aromatic carbocycles. The van der Waals surface area contributed by atoms with Crippen LogP contribution in [0.3, 0.4) is 0 Å². The van der Waals surface area contributed by atoms with Crippen molar-refractivity contribution in [2.24, 2.45) is 5.73 Å². The van der Waals surface area contributed by atoms with Crippen LogP contribution in [0.25, 0.3) is 11.4 Å². The summed E-state index contributed by atoms with van der Waals surface area (Å²) < 4.78 is 17.5. The lowest BCUT2D eigenvalue weighted by Crippen LogP contribution is -2.27. The number of rotatable bonds is 7. The number of halogens is 1. The van der Waals surface area contributed by atoms with E-state index in [1.54, 1.807) is 12.1 Å². The van der Waals surface area contributed by atoms with Crippen molar-refractivity contribution < 1.29 is 9.18 Å². The largest absolute Gasteiger partial charge is 0.369 e. The predicted molar refractivity (Wildman–Crippen MR) is 106 cm³/mol. The lowest BCUT2D eigenvalue weighted by atomic mass is 9.85. The fraction of sp³-hybridized carbons (Fsp3) is 0.250. The zero-order chi connectivity index (χ0) is 19.4. The lowest BCUT2D eigenvalue weighted by molar-refractivity contribution is -0.117. The third-order valence-corrected chi connectivity index (χ3v) is 4.97. The van der Waals surface area contributed by atoms with E-state index in [9.17, 15) is 9.18 Å². The SMILES string of the molecule is CC(C)(CNc1nc(-c2cccc(CC(N)=O)c2)ns1)c1ccc(F)cc1. The molecule has 27 heavy (non-hydrogen) atoms. The van der Waals surface area contributed by atoms with Gasteiger partial charge in [-0.05, 0) is 29.3 Å². The van der Waals surface area contributed by atoms with E-state index in [2.05, 4.69) is 28.5 Å².